The largest absolute Gasteiger partial charge is 0.480 e. The van der Waals surface area contributed by atoms with Gasteiger partial charge in [0, 0.05) is 6.04 Å². The molecule has 1 aliphatic rings. The van der Waals surface area contributed by atoms with Crippen molar-refractivity contribution in [3.8, 4) is 0 Å². The molecule has 1 aliphatic carbocycles. The second kappa shape index (κ2) is 11.4. The molecule has 0 saturated heterocycles. The van der Waals surface area contributed by atoms with Crippen molar-refractivity contribution in [2.75, 3.05) is 6.54 Å². The molecule has 1 aromatic heterocycles. The number of aldehydes is 1. The maximum atomic E-state index is 9.81. The normalized spacial score (nSPS) is 14.4. The highest BCUT2D eigenvalue weighted by Crippen LogP contribution is 2.14. The summed E-state index contributed by atoms with van der Waals surface area (Å²) in [6, 6.07) is 2.14. The quantitative estimate of drug-likeness (QED) is 0.699. The molecule has 108 valence electrons. The Labute approximate surface area is 112 Å². The molecule has 19 heavy (non-hydrogen) atoms. The van der Waals surface area contributed by atoms with Crippen LogP contribution in [0.25, 0.3) is 0 Å². The number of aliphatic carboxylic acids is 1. The second-order valence-electron chi connectivity index (χ2n) is 4.17. The average Bonchev–Trinajstić information content (AvgIpc) is 2.94. The minimum absolute atomic E-state index is 0.278. The molecule has 1 fully saturated rings. The molecule has 5 N–H and O–H groups in total. The van der Waals surface area contributed by atoms with Gasteiger partial charge in [-0.15, -0.1) is 0 Å². The van der Waals surface area contributed by atoms with Crippen molar-refractivity contribution in [3.63, 3.8) is 0 Å². The maximum Gasteiger partial charge on any atom is 0.317 e. The first-order valence-corrected chi connectivity index (χ1v) is 6.25. The molecule has 0 amide bonds. The Morgan fingerprint density at radius 1 is 1.42 bits per heavy atom. The van der Waals surface area contributed by atoms with Crippen LogP contribution in [0.15, 0.2) is 23.0 Å². The molecule has 1 saturated carbocycles. The van der Waals surface area contributed by atoms with E-state index in [0.717, 1.165) is 6.29 Å². The lowest BCUT2D eigenvalue weighted by molar-refractivity contribution is -0.135. The van der Waals surface area contributed by atoms with Crippen LogP contribution in [0, 0.1) is 0 Å². The summed E-state index contributed by atoms with van der Waals surface area (Å²) >= 11 is 0. The minimum atomic E-state index is -0.968. The summed E-state index contributed by atoms with van der Waals surface area (Å²) in [5, 5.41) is 7.60. The summed E-state index contributed by atoms with van der Waals surface area (Å²) in [6.45, 7) is -0.278. The molecular formula is C13H22N2O4. The fraction of sp³-hybridized carbons (Fsp3) is 0.538. The van der Waals surface area contributed by atoms with Crippen LogP contribution in [0.4, 0.5) is 0 Å². The molecular weight excluding hydrogens is 248 g/mol. The van der Waals surface area contributed by atoms with Gasteiger partial charge in [-0.3, -0.25) is 9.59 Å². The zero-order chi connectivity index (χ0) is 14.5. The maximum absolute atomic E-state index is 9.81. The highest BCUT2D eigenvalue weighted by atomic mass is 16.4. The summed E-state index contributed by atoms with van der Waals surface area (Å²) in [4.78, 5) is 19.1. The van der Waals surface area contributed by atoms with Gasteiger partial charge in [-0.2, -0.15) is 0 Å². The molecule has 0 aliphatic heterocycles. The van der Waals surface area contributed by atoms with Crippen molar-refractivity contribution in [1.29, 1.82) is 0 Å². The summed E-state index contributed by atoms with van der Waals surface area (Å²) < 4.78 is 4.57. The van der Waals surface area contributed by atoms with E-state index in [9.17, 15) is 9.59 Å². The van der Waals surface area contributed by atoms with Gasteiger partial charge < -0.3 is 21.0 Å². The van der Waals surface area contributed by atoms with Gasteiger partial charge in [0.2, 0.25) is 0 Å². The molecule has 0 radical (unpaired) electrons. The van der Waals surface area contributed by atoms with Gasteiger partial charge in [-0.1, -0.05) is 19.3 Å². The van der Waals surface area contributed by atoms with Crippen molar-refractivity contribution < 1.29 is 19.1 Å². The number of carboxylic acids is 1. The van der Waals surface area contributed by atoms with Crippen LogP contribution in [0.3, 0.4) is 0 Å². The van der Waals surface area contributed by atoms with Gasteiger partial charge in [-0.05, 0) is 18.9 Å². The van der Waals surface area contributed by atoms with Gasteiger partial charge in [0.1, 0.15) is 6.26 Å². The smallest absolute Gasteiger partial charge is 0.317 e. The topological polar surface area (TPSA) is 120 Å². The first kappa shape index (κ1) is 17.3. The third-order valence-electron chi connectivity index (χ3n) is 2.50. The lowest BCUT2D eigenvalue weighted by atomic mass is 9.97. The third kappa shape index (κ3) is 11.2. The Morgan fingerprint density at radius 3 is 2.21 bits per heavy atom. The Kier molecular flexibility index (Phi) is 10.4. The number of hydrogen-bond acceptors (Lipinski definition) is 5. The molecule has 0 aromatic carbocycles. The van der Waals surface area contributed by atoms with Gasteiger partial charge in [0.15, 0.2) is 6.29 Å². The van der Waals surface area contributed by atoms with Gasteiger partial charge >= 0.3 is 5.97 Å². The molecule has 0 atom stereocenters. The van der Waals surface area contributed by atoms with E-state index < -0.39 is 5.97 Å². The van der Waals surface area contributed by atoms with Crippen LogP contribution >= 0.6 is 0 Å². The number of furan rings is 1. The number of carboxylic acid groups (broad SMARTS) is 1. The van der Waals surface area contributed by atoms with Crippen molar-refractivity contribution >= 4 is 12.3 Å². The zero-order valence-electron chi connectivity index (χ0n) is 11.0. The molecule has 1 heterocycles. The fourth-order valence-corrected chi connectivity index (χ4v) is 1.48. The van der Waals surface area contributed by atoms with E-state index in [1.165, 1.54) is 44.6 Å². The first-order chi connectivity index (χ1) is 9.10. The van der Waals surface area contributed by atoms with Crippen molar-refractivity contribution in [1.82, 2.24) is 0 Å². The van der Waals surface area contributed by atoms with Crippen LogP contribution in [0.5, 0.6) is 0 Å². The molecule has 0 bridgehead atoms. The monoisotopic (exact) mass is 270 g/mol. The van der Waals surface area contributed by atoms with E-state index in [0.29, 0.717) is 11.6 Å². The summed E-state index contributed by atoms with van der Waals surface area (Å²) in [6.07, 6.45) is 10.3. The number of nitrogens with two attached hydrogens (primary N) is 2. The van der Waals surface area contributed by atoms with E-state index in [2.05, 4.69) is 10.2 Å². The summed E-state index contributed by atoms with van der Waals surface area (Å²) in [5.74, 6) is -0.968. The third-order valence-corrected chi connectivity index (χ3v) is 2.50. The van der Waals surface area contributed by atoms with Gasteiger partial charge in [0.05, 0.1) is 18.4 Å². The van der Waals surface area contributed by atoms with Crippen molar-refractivity contribution in [2.24, 2.45) is 11.5 Å². The number of hydrogen-bond donors (Lipinski definition) is 3. The predicted molar refractivity (Wildman–Crippen MR) is 71.8 cm³/mol. The highest BCUT2D eigenvalue weighted by Gasteiger charge is 2.06. The zero-order valence-corrected chi connectivity index (χ0v) is 11.0. The van der Waals surface area contributed by atoms with Gasteiger partial charge in [-0.25, -0.2) is 0 Å². The molecule has 1 aromatic rings. The Bertz CT molecular complexity index is 332. The van der Waals surface area contributed by atoms with Crippen LogP contribution in [-0.2, 0) is 4.79 Å². The Morgan fingerprint density at radius 2 is 2.00 bits per heavy atom. The molecule has 2 rings (SSSR count). The minimum Gasteiger partial charge on any atom is -0.480 e. The van der Waals surface area contributed by atoms with E-state index in [-0.39, 0.29) is 6.54 Å². The average molecular weight is 270 g/mol. The van der Waals surface area contributed by atoms with Crippen LogP contribution < -0.4 is 11.5 Å². The fourth-order valence-electron chi connectivity index (χ4n) is 1.48. The summed E-state index contributed by atoms with van der Waals surface area (Å²) in [5.41, 5.74) is 10.8. The van der Waals surface area contributed by atoms with Gasteiger partial charge in [0.25, 0.3) is 0 Å². The lowest BCUT2D eigenvalue weighted by Crippen LogP contribution is -2.22. The molecule has 6 nitrogen and oxygen atoms in total. The Balaban J connectivity index is 0.000000261. The number of carbonyl (C=O) groups excluding carboxylic acids is 1. The van der Waals surface area contributed by atoms with Crippen LogP contribution in [0.1, 0.15) is 42.5 Å². The van der Waals surface area contributed by atoms with Crippen LogP contribution in [0.2, 0.25) is 0 Å². The van der Waals surface area contributed by atoms with E-state index >= 15 is 0 Å². The highest BCUT2D eigenvalue weighted by molar-refractivity contribution is 5.73. The van der Waals surface area contributed by atoms with E-state index in [4.69, 9.17) is 10.8 Å². The van der Waals surface area contributed by atoms with Crippen LogP contribution in [-0.4, -0.2) is 29.9 Å². The Hall–Kier alpha value is -1.66. The second-order valence-corrected chi connectivity index (χ2v) is 4.17. The molecule has 6 heteroatoms. The van der Waals surface area contributed by atoms with E-state index in [1.54, 1.807) is 6.07 Å². The predicted octanol–water partition coefficient (Wildman–Crippen LogP) is 1.40. The lowest BCUT2D eigenvalue weighted by Gasteiger charge is -2.15. The first-order valence-electron chi connectivity index (χ1n) is 6.25. The SMILES string of the molecule is NC1CCCCC1.NCC(=O)O.O=Cc1ccoc1. The molecule has 0 spiro atoms. The van der Waals surface area contributed by atoms with Crippen molar-refractivity contribution in [2.45, 2.75) is 38.1 Å². The van der Waals surface area contributed by atoms with Crippen molar-refractivity contribution in [3.05, 3.63) is 24.2 Å². The standard InChI is InChI=1S/C6H13N.C5H4O2.C2H5NO2/c7-6-4-2-1-3-5-6;6-3-5-1-2-7-4-5;3-1-2(4)5/h6H,1-5,7H2;1-4H;1,3H2,(H,4,5). The number of rotatable bonds is 2. The summed E-state index contributed by atoms with van der Waals surface area (Å²) in [7, 11) is 0. The molecule has 0 unspecified atom stereocenters. The van der Waals surface area contributed by atoms with E-state index in [1.807, 2.05) is 0 Å². The number of carbonyl (C=O) groups is 2.